The highest BCUT2D eigenvalue weighted by atomic mass is 35.5. The molecule has 2 aromatic heterocycles. The van der Waals surface area contributed by atoms with Gasteiger partial charge in [0.2, 0.25) is 0 Å². The first kappa shape index (κ1) is 17.5. The third kappa shape index (κ3) is 3.14. The summed E-state index contributed by atoms with van der Waals surface area (Å²) in [5.41, 5.74) is 0.346. The summed E-state index contributed by atoms with van der Waals surface area (Å²) < 4.78 is 20.8. The zero-order valence-corrected chi connectivity index (χ0v) is 14.0. The van der Waals surface area contributed by atoms with Gasteiger partial charge in [0.05, 0.1) is 19.0 Å². The van der Waals surface area contributed by atoms with Gasteiger partial charge in [0.25, 0.3) is 11.9 Å². The summed E-state index contributed by atoms with van der Waals surface area (Å²) in [5, 5.41) is 20.1. The Hall–Kier alpha value is -3.27. The van der Waals surface area contributed by atoms with Crippen molar-refractivity contribution in [1.29, 1.82) is 0 Å². The maximum atomic E-state index is 13.8. The van der Waals surface area contributed by atoms with Crippen LogP contribution in [0.25, 0.3) is 16.8 Å². The van der Waals surface area contributed by atoms with Gasteiger partial charge < -0.3 is 9.84 Å². The Kier molecular flexibility index (Phi) is 4.67. The average Bonchev–Trinajstić information content (AvgIpc) is 3.15. The van der Waals surface area contributed by atoms with Crippen molar-refractivity contribution in [1.82, 2.24) is 24.8 Å². The Morgan fingerprint density at radius 1 is 1.35 bits per heavy atom. The van der Waals surface area contributed by atoms with Crippen molar-refractivity contribution in [2.24, 2.45) is 0 Å². The Bertz CT molecular complexity index is 1020. The Labute approximate surface area is 150 Å². The Balaban J connectivity index is 2.25. The number of carboxylic acids is 1. The Morgan fingerprint density at radius 2 is 2.12 bits per heavy atom. The second-order valence-electron chi connectivity index (χ2n) is 5.09. The molecule has 11 heteroatoms. The highest BCUT2D eigenvalue weighted by Gasteiger charge is 2.22. The number of rotatable bonds is 5. The quantitative estimate of drug-likeness (QED) is 0.718. The number of benzene rings is 1. The summed E-state index contributed by atoms with van der Waals surface area (Å²) in [7, 11) is 1.31. The molecule has 1 unspecified atom stereocenters. The number of pyridine rings is 1. The molecule has 1 N–H and O–H groups in total. The SMILES string of the molecule is COc1cn(C(F)C(=O)O)c(=O)cc1-c1cc(Cl)ccc1-n1cnnn1. The van der Waals surface area contributed by atoms with Crippen molar-refractivity contribution >= 4 is 17.6 Å². The van der Waals surface area contributed by atoms with Crippen molar-refractivity contribution in [3.05, 3.63) is 52.2 Å². The van der Waals surface area contributed by atoms with Crippen LogP contribution in [0.5, 0.6) is 5.75 Å². The van der Waals surface area contributed by atoms with E-state index in [1.54, 1.807) is 18.2 Å². The second-order valence-corrected chi connectivity index (χ2v) is 5.53. The van der Waals surface area contributed by atoms with E-state index in [-0.39, 0.29) is 11.3 Å². The topological polar surface area (TPSA) is 112 Å². The fourth-order valence-corrected chi connectivity index (χ4v) is 2.57. The molecular weight excluding hydrogens is 369 g/mol. The van der Waals surface area contributed by atoms with Gasteiger partial charge in [0, 0.05) is 22.2 Å². The number of halogens is 2. The number of carbonyl (C=O) groups is 1. The maximum Gasteiger partial charge on any atom is 0.360 e. The molecule has 0 amide bonds. The first-order valence-electron chi connectivity index (χ1n) is 7.12. The predicted octanol–water partition coefficient (Wildman–Crippen LogP) is 1.71. The van der Waals surface area contributed by atoms with Gasteiger partial charge in [-0.2, -0.15) is 4.68 Å². The molecule has 1 aromatic carbocycles. The lowest BCUT2D eigenvalue weighted by molar-refractivity contribution is -0.146. The summed E-state index contributed by atoms with van der Waals surface area (Å²) in [6.45, 7) is 0. The number of aliphatic carboxylic acids is 1. The van der Waals surface area contributed by atoms with Gasteiger partial charge in [-0.25, -0.2) is 9.18 Å². The van der Waals surface area contributed by atoms with Gasteiger partial charge in [-0.05, 0) is 28.6 Å². The van der Waals surface area contributed by atoms with E-state index in [4.69, 9.17) is 21.4 Å². The summed E-state index contributed by atoms with van der Waals surface area (Å²) in [5.74, 6) is -1.72. The normalized spacial score (nSPS) is 12.0. The monoisotopic (exact) mass is 379 g/mol. The van der Waals surface area contributed by atoms with Crippen molar-refractivity contribution in [2.75, 3.05) is 7.11 Å². The van der Waals surface area contributed by atoms with E-state index in [1.165, 1.54) is 18.1 Å². The highest BCUT2D eigenvalue weighted by molar-refractivity contribution is 6.31. The van der Waals surface area contributed by atoms with Crippen LogP contribution < -0.4 is 10.3 Å². The largest absolute Gasteiger partial charge is 0.495 e. The molecule has 0 aliphatic rings. The Morgan fingerprint density at radius 3 is 2.73 bits per heavy atom. The first-order valence-corrected chi connectivity index (χ1v) is 7.50. The van der Waals surface area contributed by atoms with Crippen LogP contribution in [-0.2, 0) is 4.79 Å². The zero-order valence-electron chi connectivity index (χ0n) is 13.2. The van der Waals surface area contributed by atoms with Crippen LogP contribution in [0.4, 0.5) is 4.39 Å². The number of methoxy groups -OCH3 is 1. The van der Waals surface area contributed by atoms with Gasteiger partial charge in [0.1, 0.15) is 12.1 Å². The van der Waals surface area contributed by atoms with Gasteiger partial charge in [0.15, 0.2) is 0 Å². The van der Waals surface area contributed by atoms with E-state index in [2.05, 4.69) is 15.5 Å². The molecule has 0 radical (unpaired) electrons. The molecule has 134 valence electrons. The van der Waals surface area contributed by atoms with Crippen LogP contribution >= 0.6 is 11.6 Å². The lowest BCUT2D eigenvalue weighted by Gasteiger charge is -2.15. The number of alkyl halides is 1. The number of tetrazole rings is 1. The lowest BCUT2D eigenvalue weighted by Crippen LogP contribution is -2.26. The fourth-order valence-electron chi connectivity index (χ4n) is 2.39. The molecular formula is C15H11ClFN5O4. The third-order valence-electron chi connectivity index (χ3n) is 3.56. The van der Waals surface area contributed by atoms with Crippen LogP contribution in [0, 0.1) is 0 Å². The molecule has 2 heterocycles. The number of hydrogen-bond donors (Lipinski definition) is 1. The van der Waals surface area contributed by atoms with E-state index >= 15 is 0 Å². The number of carboxylic acid groups (broad SMARTS) is 1. The molecule has 0 aliphatic heterocycles. The fraction of sp³-hybridized carbons (Fsp3) is 0.133. The van der Waals surface area contributed by atoms with Crippen molar-refractivity contribution in [3.63, 3.8) is 0 Å². The first-order chi connectivity index (χ1) is 12.4. The predicted molar refractivity (Wildman–Crippen MR) is 88.2 cm³/mol. The summed E-state index contributed by atoms with van der Waals surface area (Å²) in [4.78, 5) is 23.1. The molecule has 0 saturated carbocycles. The second kappa shape index (κ2) is 6.92. The van der Waals surface area contributed by atoms with Crippen molar-refractivity contribution < 1.29 is 19.0 Å². The lowest BCUT2D eigenvalue weighted by atomic mass is 10.0. The van der Waals surface area contributed by atoms with Gasteiger partial charge in [-0.3, -0.25) is 9.36 Å². The highest BCUT2D eigenvalue weighted by Crippen LogP contribution is 2.35. The van der Waals surface area contributed by atoms with E-state index < -0.39 is 17.8 Å². The molecule has 3 aromatic rings. The molecule has 0 aliphatic carbocycles. The van der Waals surface area contributed by atoms with Crippen LogP contribution in [0.3, 0.4) is 0 Å². The van der Waals surface area contributed by atoms with E-state index in [0.717, 1.165) is 12.3 Å². The van der Waals surface area contributed by atoms with Crippen LogP contribution in [0.2, 0.25) is 5.02 Å². The minimum atomic E-state index is -2.54. The van der Waals surface area contributed by atoms with Gasteiger partial charge in [-0.15, -0.1) is 5.10 Å². The van der Waals surface area contributed by atoms with E-state index in [9.17, 15) is 14.0 Å². The summed E-state index contributed by atoms with van der Waals surface area (Å²) in [6.07, 6.45) is -0.202. The molecule has 0 fully saturated rings. The summed E-state index contributed by atoms with van der Waals surface area (Å²) >= 11 is 6.06. The molecule has 0 saturated heterocycles. The maximum absolute atomic E-state index is 13.8. The molecule has 9 nitrogen and oxygen atoms in total. The average molecular weight is 380 g/mol. The van der Waals surface area contributed by atoms with Gasteiger partial charge in [-0.1, -0.05) is 11.6 Å². The van der Waals surface area contributed by atoms with E-state index in [1.807, 2.05) is 0 Å². The zero-order chi connectivity index (χ0) is 18.8. The standard InChI is InChI=1S/C15H11ClFN5O4/c1-26-12-6-21(14(17)15(24)25)13(23)5-10(12)9-4-8(16)2-3-11(9)22-7-18-19-20-22/h2-7,14H,1H3,(H,24,25). The third-order valence-corrected chi connectivity index (χ3v) is 3.79. The van der Waals surface area contributed by atoms with E-state index in [0.29, 0.717) is 20.8 Å². The summed E-state index contributed by atoms with van der Waals surface area (Å²) in [6, 6.07) is 5.87. The van der Waals surface area contributed by atoms with Gasteiger partial charge >= 0.3 is 5.97 Å². The molecule has 0 bridgehead atoms. The number of aromatic nitrogens is 5. The van der Waals surface area contributed by atoms with Crippen LogP contribution in [0.15, 0.2) is 41.6 Å². The molecule has 26 heavy (non-hydrogen) atoms. The van der Waals surface area contributed by atoms with Crippen molar-refractivity contribution in [2.45, 2.75) is 6.30 Å². The molecule has 1 atom stereocenters. The minimum Gasteiger partial charge on any atom is -0.495 e. The van der Waals surface area contributed by atoms with Crippen molar-refractivity contribution in [3.8, 4) is 22.6 Å². The molecule has 0 spiro atoms. The number of ether oxygens (including phenoxy) is 1. The van der Waals surface area contributed by atoms with Crippen LogP contribution in [-0.4, -0.2) is 43.0 Å². The number of hydrogen-bond acceptors (Lipinski definition) is 6. The minimum absolute atomic E-state index is 0.0742. The smallest absolute Gasteiger partial charge is 0.360 e. The molecule has 3 rings (SSSR count). The van der Waals surface area contributed by atoms with Crippen LogP contribution in [0.1, 0.15) is 6.30 Å². The number of nitrogens with zero attached hydrogens (tertiary/aromatic N) is 5.